The highest BCUT2D eigenvalue weighted by Gasteiger charge is 2.17. The van der Waals surface area contributed by atoms with Crippen molar-refractivity contribution in [1.29, 1.82) is 0 Å². The zero-order valence-electron chi connectivity index (χ0n) is 12.2. The van der Waals surface area contributed by atoms with E-state index in [0.29, 0.717) is 5.75 Å². The zero-order valence-corrected chi connectivity index (χ0v) is 12.2. The van der Waals surface area contributed by atoms with Crippen LogP contribution in [0.5, 0.6) is 5.75 Å². The first-order valence-electron chi connectivity index (χ1n) is 7.22. The number of phenols is 1. The molecule has 0 saturated heterocycles. The molecule has 0 fully saturated rings. The fraction of sp³-hybridized carbons (Fsp3) is 0.333. The van der Waals surface area contributed by atoms with Crippen LogP contribution in [0.2, 0.25) is 0 Å². The highest BCUT2D eigenvalue weighted by Crippen LogP contribution is 2.26. The molecule has 0 spiro atoms. The third kappa shape index (κ3) is 2.56. The van der Waals surface area contributed by atoms with Crippen molar-refractivity contribution in [2.45, 2.75) is 33.4 Å². The highest BCUT2D eigenvalue weighted by molar-refractivity contribution is 5.41. The van der Waals surface area contributed by atoms with Gasteiger partial charge in [-0.1, -0.05) is 30.3 Å². The molecule has 0 amide bonds. The van der Waals surface area contributed by atoms with Gasteiger partial charge in [0.05, 0.1) is 0 Å². The van der Waals surface area contributed by atoms with Crippen LogP contribution in [0.25, 0.3) is 0 Å². The van der Waals surface area contributed by atoms with Crippen molar-refractivity contribution < 1.29 is 5.11 Å². The maximum absolute atomic E-state index is 10.1. The fourth-order valence-corrected chi connectivity index (χ4v) is 2.92. The predicted octanol–water partition coefficient (Wildman–Crippen LogP) is 3.57. The van der Waals surface area contributed by atoms with Gasteiger partial charge in [0.15, 0.2) is 0 Å². The lowest BCUT2D eigenvalue weighted by molar-refractivity contribution is 0.242. The molecule has 0 unspecified atom stereocenters. The predicted molar refractivity (Wildman–Crippen MR) is 81.8 cm³/mol. The summed E-state index contributed by atoms with van der Waals surface area (Å²) in [4.78, 5) is 2.41. The summed E-state index contributed by atoms with van der Waals surface area (Å²) in [6.07, 6.45) is 1.10. The first-order chi connectivity index (χ1) is 9.63. The minimum atomic E-state index is 0.423. The van der Waals surface area contributed by atoms with Gasteiger partial charge in [0.2, 0.25) is 0 Å². The smallest absolute Gasteiger partial charge is 0.120 e. The van der Waals surface area contributed by atoms with Gasteiger partial charge in [0.1, 0.15) is 5.75 Å². The molecule has 1 aliphatic rings. The van der Waals surface area contributed by atoms with Crippen molar-refractivity contribution in [2.24, 2.45) is 0 Å². The van der Waals surface area contributed by atoms with E-state index in [4.69, 9.17) is 0 Å². The lowest BCUT2D eigenvalue weighted by Crippen LogP contribution is -2.30. The average Bonchev–Trinajstić information content (AvgIpc) is 2.44. The minimum absolute atomic E-state index is 0.423. The molecule has 2 aromatic carbocycles. The quantitative estimate of drug-likeness (QED) is 0.899. The Labute approximate surface area is 120 Å². The molecule has 1 aliphatic heterocycles. The summed E-state index contributed by atoms with van der Waals surface area (Å²) < 4.78 is 0. The number of nitrogens with zero attached hydrogens (tertiary/aromatic N) is 1. The fourth-order valence-electron chi connectivity index (χ4n) is 2.92. The molecule has 2 heteroatoms. The van der Waals surface area contributed by atoms with Gasteiger partial charge in [0, 0.05) is 25.2 Å². The van der Waals surface area contributed by atoms with Crippen molar-refractivity contribution >= 4 is 0 Å². The van der Waals surface area contributed by atoms with Crippen LogP contribution in [0.1, 0.15) is 27.8 Å². The van der Waals surface area contributed by atoms with Crippen LogP contribution in [0.15, 0.2) is 36.4 Å². The van der Waals surface area contributed by atoms with E-state index < -0.39 is 0 Å². The van der Waals surface area contributed by atoms with E-state index in [9.17, 15) is 5.11 Å². The summed E-state index contributed by atoms with van der Waals surface area (Å²) in [5, 5.41) is 10.1. The summed E-state index contributed by atoms with van der Waals surface area (Å²) in [7, 11) is 0. The van der Waals surface area contributed by atoms with E-state index in [0.717, 1.165) is 37.2 Å². The molecule has 0 aromatic heterocycles. The van der Waals surface area contributed by atoms with E-state index in [-0.39, 0.29) is 0 Å². The number of hydrogen-bond donors (Lipinski definition) is 1. The average molecular weight is 267 g/mol. The monoisotopic (exact) mass is 267 g/mol. The SMILES string of the molecule is Cc1cc(O)c(CN2CCc3ccccc3C2)cc1C. The van der Waals surface area contributed by atoms with Gasteiger partial charge in [-0.05, 0) is 48.6 Å². The molecule has 104 valence electrons. The lowest BCUT2D eigenvalue weighted by Gasteiger charge is -2.29. The van der Waals surface area contributed by atoms with Crippen LogP contribution < -0.4 is 0 Å². The van der Waals surface area contributed by atoms with E-state index in [1.165, 1.54) is 16.7 Å². The van der Waals surface area contributed by atoms with Crippen molar-refractivity contribution in [3.8, 4) is 5.75 Å². The maximum Gasteiger partial charge on any atom is 0.120 e. The van der Waals surface area contributed by atoms with Crippen molar-refractivity contribution in [3.05, 3.63) is 64.2 Å². The summed E-state index contributed by atoms with van der Waals surface area (Å²) in [5.41, 5.74) is 6.31. The number of hydrogen-bond acceptors (Lipinski definition) is 2. The zero-order chi connectivity index (χ0) is 14.1. The molecule has 20 heavy (non-hydrogen) atoms. The normalized spacial score (nSPS) is 15.1. The van der Waals surface area contributed by atoms with Gasteiger partial charge < -0.3 is 5.11 Å². The number of phenolic OH excluding ortho intramolecular Hbond substituents is 1. The van der Waals surface area contributed by atoms with Crippen LogP contribution in [0, 0.1) is 13.8 Å². The molecule has 1 heterocycles. The van der Waals surface area contributed by atoms with E-state index in [1.54, 1.807) is 0 Å². The van der Waals surface area contributed by atoms with Crippen molar-refractivity contribution in [3.63, 3.8) is 0 Å². The largest absolute Gasteiger partial charge is 0.508 e. The van der Waals surface area contributed by atoms with Crippen molar-refractivity contribution in [1.82, 2.24) is 4.90 Å². The maximum atomic E-state index is 10.1. The first kappa shape index (κ1) is 13.2. The second-order valence-electron chi connectivity index (χ2n) is 5.79. The Hall–Kier alpha value is -1.80. The molecule has 2 nitrogen and oxygen atoms in total. The van der Waals surface area contributed by atoms with Crippen LogP contribution >= 0.6 is 0 Å². The molecule has 0 atom stereocenters. The second kappa shape index (κ2) is 5.29. The third-order valence-electron chi connectivity index (χ3n) is 4.30. The number of fused-ring (bicyclic) bond motifs is 1. The summed E-state index contributed by atoms with van der Waals surface area (Å²) >= 11 is 0. The molecule has 1 N–H and O–H groups in total. The van der Waals surface area contributed by atoms with Crippen molar-refractivity contribution in [2.75, 3.05) is 6.54 Å². The first-order valence-corrected chi connectivity index (χ1v) is 7.22. The molecule has 0 bridgehead atoms. The van der Waals surface area contributed by atoms with Gasteiger partial charge >= 0.3 is 0 Å². The Morgan fingerprint density at radius 2 is 1.75 bits per heavy atom. The topological polar surface area (TPSA) is 23.5 Å². The van der Waals surface area contributed by atoms with Gasteiger partial charge in [-0.3, -0.25) is 4.90 Å². The summed E-state index contributed by atoms with van der Waals surface area (Å²) in [6.45, 7) is 6.99. The number of aromatic hydroxyl groups is 1. The van der Waals surface area contributed by atoms with E-state index in [2.05, 4.69) is 42.2 Å². The van der Waals surface area contributed by atoms with E-state index in [1.807, 2.05) is 13.0 Å². The van der Waals surface area contributed by atoms with Crippen LogP contribution in [0.4, 0.5) is 0 Å². The molecule has 0 aliphatic carbocycles. The Bertz CT molecular complexity index is 633. The Balaban J connectivity index is 1.78. The lowest BCUT2D eigenvalue weighted by atomic mass is 9.99. The summed E-state index contributed by atoms with van der Waals surface area (Å²) in [5.74, 6) is 0.423. The second-order valence-corrected chi connectivity index (χ2v) is 5.79. The Morgan fingerprint density at radius 1 is 1.05 bits per heavy atom. The van der Waals surface area contributed by atoms with Gasteiger partial charge in [-0.15, -0.1) is 0 Å². The molecule has 0 radical (unpaired) electrons. The summed E-state index contributed by atoms with van der Waals surface area (Å²) in [6, 6.07) is 12.6. The molecule has 3 rings (SSSR count). The molecule has 2 aromatic rings. The van der Waals surface area contributed by atoms with Crippen LogP contribution in [-0.2, 0) is 19.5 Å². The van der Waals surface area contributed by atoms with Crippen LogP contribution in [-0.4, -0.2) is 16.6 Å². The van der Waals surface area contributed by atoms with Gasteiger partial charge in [0.25, 0.3) is 0 Å². The Kier molecular flexibility index (Phi) is 3.49. The number of aryl methyl sites for hydroxylation is 2. The minimum Gasteiger partial charge on any atom is -0.508 e. The van der Waals surface area contributed by atoms with Crippen LogP contribution in [0.3, 0.4) is 0 Å². The molecular formula is C18H21NO. The third-order valence-corrected chi connectivity index (χ3v) is 4.30. The Morgan fingerprint density at radius 3 is 2.55 bits per heavy atom. The standard InChI is InChI=1S/C18H21NO/c1-13-9-17(18(20)10-14(13)2)12-19-8-7-15-5-3-4-6-16(15)11-19/h3-6,9-10,20H,7-8,11-12H2,1-2H3. The molecule has 0 saturated carbocycles. The number of rotatable bonds is 2. The molecular weight excluding hydrogens is 246 g/mol. The number of benzene rings is 2. The van der Waals surface area contributed by atoms with Gasteiger partial charge in [-0.2, -0.15) is 0 Å². The van der Waals surface area contributed by atoms with Gasteiger partial charge in [-0.25, -0.2) is 0 Å². The van der Waals surface area contributed by atoms with E-state index >= 15 is 0 Å². The highest BCUT2D eigenvalue weighted by atomic mass is 16.3.